The molecule has 0 amide bonds. The van der Waals surface area contributed by atoms with E-state index in [4.69, 9.17) is 0 Å². The van der Waals surface area contributed by atoms with Gasteiger partial charge in [-0.05, 0) is 7.05 Å². The van der Waals surface area contributed by atoms with E-state index >= 15 is 0 Å². The average Bonchev–Trinajstić information content (AvgIpc) is 1.69. The first-order valence-corrected chi connectivity index (χ1v) is 2.95. The van der Waals surface area contributed by atoms with Gasteiger partial charge >= 0.3 is 0 Å². The summed E-state index contributed by atoms with van der Waals surface area (Å²) >= 11 is 3.98. The largest absolute Gasteiger partial charge is 0.316 e. The molecule has 42 valence electrons. The predicted molar refractivity (Wildman–Crippen MR) is 36.9 cm³/mol. The summed E-state index contributed by atoms with van der Waals surface area (Å²) in [6.07, 6.45) is 4.06. The van der Waals surface area contributed by atoms with Crippen LogP contribution in [0.2, 0.25) is 0 Å². The molecule has 0 aliphatic rings. The van der Waals surface area contributed by atoms with Gasteiger partial charge in [0.25, 0.3) is 0 Å². The molecule has 0 spiro atoms. The normalized spacial score (nSPS) is 10.6. The third kappa shape index (κ3) is 6.05. The second-order valence-corrected chi connectivity index (χ2v) is 1.58. The van der Waals surface area contributed by atoms with E-state index in [0.717, 1.165) is 12.3 Å². The highest BCUT2D eigenvalue weighted by Crippen LogP contribution is 1.73. The zero-order valence-corrected chi connectivity index (χ0v) is 5.41. The molecule has 2 heteroatoms. The zero-order valence-electron chi connectivity index (χ0n) is 4.52. The summed E-state index contributed by atoms with van der Waals surface area (Å²) in [7, 11) is 1.92. The highest BCUT2D eigenvalue weighted by molar-refractivity contribution is 7.80. The molecule has 0 saturated heterocycles. The molecule has 0 aliphatic carbocycles. The molecule has 0 rings (SSSR count). The van der Waals surface area contributed by atoms with Crippen molar-refractivity contribution in [2.75, 3.05) is 19.3 Å². The number of rotatable bonds is 3. The lowest BCUT2D eigenvalue weighted by Gasteiger charge is -1.83. The molecular weight excluding hydrogens is 106 g/mol. The van der Waals surface area contributed by atoms with Crippen molar-refractivity contribution in [3.05, 3.63) is 12.2 Å². The summed E-state index contributed by atoms with van der Waals surface area (Å²) in [5.41, 5.74) is 0. The van der Waals surface area contributed by atoms with Crippen LogP contribution in [0.1, 0.15) is 0 Å². The summed E-state index contributed by atoms with van der Waals surface area (Å²) in [5, 5.41) is 2.98. The Kier molecular flexibility index (Phi) is 6.09. The summed E-state index contributed by atoms with van der Waals surface area (Å²) < 4.78 is 0. The van der Waals surface area contributed by atoms with Gasteiger partial charge in [0, 0.05) is 12.3 Å². The molecule has 0 fully saturated rings. The van der Waals surface area contributed by atoms with E-state index in [1.54, 1.807) is 0 Å². The average molecular weight is 117 g/mol. The molecule has 1 nitrogen and oxygen atoms in total. The molecule has 0 aromatic carbocycles. The van der Waals surface area contributed by atoms with Gasteiger partial charge in [0.05, 0.1) is 0 Å². The zero-order chi connectivity index (χ0) is 5.54. The summed E-state index contributed by atoms with van der Waals surface area (Å²) in [4.78, 5) is 0. The van der Waals surface area contributed by atoms with Gasteiger partial charge in [-0.3, -0.25) is 0 Å². The van der Waals surface area contributed by atoms with E-state index in [1.807, 2.05) is 19.2 Å². The Morgan fingerprint density at radius 1 is 1.57 bits per heavy atom. The van der Waals surface area contributed by atoms with Crippen LogP contribution >= 0.6 is 12.6 Å². The number of nitrogens with one attached hydrogen (secondary N) is 1. The maximum Gasteiger partial charge on any atom is 0.0132 e. The van der Waals surface area contributed by atoms with Gasteiger partial charge < -0.3 is 5.32 Å². The number of thiol groups is 1. The molecule has 7 heavy (non-hydrogen) atoms. The monoisotopic (exact) mass is 117 g/mol. The predicted octanol–water partition coefficient (Wildman–Crippen LogP) is 0.692. The van der Waals surface area contributed by atoms with E-state index in [-0.39, 0.29) is 0 Å². The smallest absolute Gasteiger partial charge is 0.0132 e. The van der Waals surface area contributed by atoms with Crippen molar-refractivity contribution in [1.82, 2.24) is 5.32 Å². The molecule has 0 radical (unpaired) electrons. The fourth-order valence-electron chi connectivity index (χ4n) is 0.276. The Bertz CT molecular complexity index is 52.0. The van der Waals surface area contributed by atoms with Crippen LogP contribution < -0.4 is 5.32 Å². The Balaban J connectivity index is 2.78. The van der Waals surface area contributed by atoms with Crippen LogP contribution in [0.4, 0.5) is 0 Å². The second-order valence-electron chi connectivity index (χ2n) is 1.21. The quantitative estimate of drug-likeness (QED) is 0.409. The van der Waals surface area contributed by atoms with Crippen LogP contribution in [0, 0.1) is 0 Å². The lowest BCUT2D eigenvalue weighted by molar-refractivity contribution is 0.919. The van der Waals surface area contributed by atoms with Crippen LogP contribution in [0.5, 0.6) is 0 Å². The number of likely N-dealkylation sites (N-methyl/N-ethyl adjacent to an activating group) is 1. The van der Waals surface area contributed by atoms with Gasteiger partial charge in [-0.1, -0.05) is 12.2 Å². The molecule has 0 atom stereocenters. The minimum Gasteiger partial charge on any atom is -0.316 e. The lowest BCUT2D eigenvalue weighted by Crippen LogP contribution is -2.03. The van der Waals surface area contributed by atoms with Gasteiger partial charge in [0.2, 0.25) is 0 Å². The van der Waals surface area contributed by atoms with E-state index < -0.39 is 0 Å². The van der Waals surface area contributed by atoms with Crippen molar-refractivity contribution in [2.45, 2.75) is 0 Å². The standard InChI is InChI=1S/C5H11NS/c1-6-4-2-3-5-7/h2-3,6-7H,4-5H2,1H3/b3-2+. The Morgan fingerprint density at radius 3 is 2.71 bits per heavy atom. The first-order chi connectivity index (χ1) is 3.41. The first kappa shape index (κ1) is 7.05. The molecule has 0 unspecified atom stereocenters. The third-order valence-corrected chi connectivity index (χ3v) is 0.805. The minimum atomic E-state index is 0.835. The van der Waals surface area contributed by atoms with Crippen molar-refractivity contribution >= 4 is 12.6 Å². The topological polar surface area (TPSA) is 12.0 Å². The first-order valence-electron chi connectivity index (χ1n) is 2.32. The lowest BCUT2D eigenvalue weighted by atomic mass is 10.5. The summed E-state index contributed by atoms with van der Waals surface area (Å²) in [5.74, 6) is 0.835. The number of hydrogen-bond donors (Lipinski definition) is 2. The van der Waals surface area contributed by atoms with E-state index in [0.29, 0.717) is 0 Å². The molecule has 0 saturated carbocycles. The van der Waals surface area contributed by atoms with Crippen LogP contribution in [-0.2, 0) is 0 Å². The molecule has 0 bridgehead atoms. The maximum absolute atomic E-state index is 3.98. The van der Waals surface area contributed by atoms with E-state index in [2.05, 4.69) is 17.9 Å². The number of hydrogen-bond acceptors (Lipinski definition) is 2. The van der Waals surface area contributed by atoms with Gasteiger partial charge in [0.15, 0.2) is 0 Å². The van der Waals surface area contributed by atoms with Crippen LogP contribution in [0.3, 0.4) is 0 Å². The Morgan fingerprint density at radius 2 is 2.29 bits per heavy atom. The van der Waals surface area contributed by atoms with Crippen molar-refractivity contribution < 1.29 is 0 Å². The summed E-state index contributed by atoms with van der Waals surface area (Å²) in [6.45, 7) is 0.945. The third-order valence-electron chi connectivity index (χ3n) is 0.594. The molecular formula is C5H11NS. The van der Waals surface area contributed by atoms with Crippen molar-refractivity contribution in [2.24, 2.45) is 0 Å². The summed E-state index contributed by atoms with van der Waals surface area (Å²) in [6, 6.07) is 0. The van der Waals surface area contributed by atoms with Gasteiger partial charge in [0.1, 0.15) is 0 Å². The van der Waals surface area contributed by atoms with Gasteiger partial charge in [-0.2, -0.15) is 12.6 Å². The van der Waals surface area contributed by atoms with Crippen molar-refractivity contribution in [3.8, 4) is 0 Å². The van der Waals surface area contributed by atoms with E-state index in [1.165, 1.54) is 0 Å². The highest BCUT2D eigenvalue weighted by Gasteiger charge is 1.65. The molecule has 0 aliphatic heterocycles. The Labute approximate surface area is 50.2 Å². The SMILES string of the molecule is CNC/C=C/CS. The second kappa shape index (κ2) is 6.05. The van der Waals surface area contributed by atoms with Gasteiger partial charge in [-0.25, -0.2) is 0 Å². The van der Waals surface area contributed by atoms with Crippen LogP contribution in [0.25, 0.3) is 0 Å². The maximum atomic E-state index is 3.98. The molecule has 0 aromatic heterocycles. The highest BCUT2D eigenvalue weighted by atomic mass is 32.1. The minimum absolute atomic E-state index is 0.835. The van der Waals surface area contributed by atoms with Crippen molar-refractivity contribution in [1.29, 1.82) is 0 Å². The fraction of sp³-hybridized carbons (Fsp3) is 0.600. The van der Waals surface area contributed by atoms with Gasteiger partial charge in [-0.15, -0.1) is 0 Å². The van der Waals surface area contributed by atoms with Crippen LogP contribution in [-0.4, -0.2) is 19.3 Å². The fourth-order valence-corrected chi connectivity index (χ4v) is 0.425. The molecule has 1 N–H and O–H groups in total. The van der Waals surface area contributed by atoms with E-state index in [9.17, 15) is 0 Å². The van der Waals surface area contributed by atoms with Crippen molar-refractivity contribution in [3.63, 3.8) is 0 Å². The molecule has 0 aromatic rings. The molecule has 0 heterocycles. The van der Waals surface area contributed by atoms with Crippen LogP contribution in [0.15, 0.2) is 12.2 Å². The Hall–Kier alpha value is 0.0500.